The maximum atomic E-state index is 12.5. The highest BCUT2D eigenvalue weighted by Gasteiger charge is 2.24. The Balaban J connectivity index is 1.35. The molecule has 0 radical (unpaired) electrons. The summed E-state index contributed by atoms with van der Waals surface area (Å²) in [6.45, 7) is 4.92. The molecule has 0 atom stereocenters. The molecule has 1 saturated heterocycles. The molecule has 1 aliphatic heterocycles. The van der Waals surface area contributed by atoms with Crippen LogP contribution in [-0.2, 0) is 11.2 Å². The van der Waals surface area contributed by atoms with Gasteiger partial charge in [0.1, 0.15) is 5.75 Å². The summed E-state index contributed by atoms with van der Waals surface area (Å²) in [7, 11) is 0. The van der Waals surface area contributed by atoms with Crippen LogP contribution in [0.4, 0.5) is 5.13 Å². The lowest BCUT2D eigenvalue weighted by Gasteiger charge is -2.34. The fraction of sp³-hybridized carbons (Fsp3) is 0.333. The number of hydrogen-bond acceptors (Lipinski definition) is 5. The first kappa shape index (κ1) is 20.3. The Morgan fingerprint density at radius 3 is 2.69 bits per heavy atom. The zero-order valence-corrected chi connectivity index (χ0v) is 18.4. The molecule has 0 spiro atoms. The van der Waals surface area contributed by atoms with Crippen LogP contribution in [0.15, 0.2) is 36.4 Å². The van der Waals surface area contributed by atoms with E-state index < -0.39 is 0 Å². The number of hydrogen-bond donors (Lipinski definition) is 0. The lowest BCUT2D eigenvalue weighted by Crippen LogP contribution is -2.50. The van der Waals surface area contributed by atoms with Crippen LogP contribution in [0.3, 0.4) is 0 Å². The van der Waals surface area contributed by atoms with Gasteiger partial charge >= 0.3 is 0 Å². The normalized spacial score (nSPS) is 14.4. The van der Waals surface area contributed by atoms with Crippen LogP contribution in [0, 0.1) is 0 Å². The molecule has 2 aromatic carbocycles. The fourth-order valence-corrected chi connectivity index (χ4v) is 4.91. The second-order valence-corrected chi connectivity index (χ2v) is 8.70. The molecule has 5 nitrogen and oxygen atoms in total. The van der Waals surface area contributed by atoms with Gasteiger partial charge in [-0.05, 0) is 36.2 Å². The van der Waals surface area contributed by atoms with Crippen molar-refractivity contribution >= 4 is 55.8 Å². The summed E-state index contributed by atoms with van der Waals surface area (Å²) in [5, 5.41) is 1.96. The van der Waals surface area contributed by atoms with Gasteiger partial charge in [0.15, 0.2) is 11.7 Å². The maximum Gasteiger partial charge on any atom is 0.260 e. The van der Waals surface area contributed by atoms with Crippen LogP contribution in [0.1, 0.15) is 12.5 Å². The van der Waals surface area contributed by atoms with Gasteiger partial charge in [-0.15, -0.1) is 0 Å². The topological polar surface area (TPSA) is 45.7 Å². The van der Waals surface area contributed by atoms with Crippen LogP contribution < -0.4 is 9.64 Å². The van der Waals surface area contributed by atoms with Crippen molar-refractivity contribution < 1.29 is 9.53 Å². The van der Waals surface area contributed by atoms with E-state index >= 15 is 0 Å². The van der Waals surface area contributed by atoms with Crippen LogP contribution in [0.25, 0.3) is 10.2 Å². The Bertz CT molecular complexity index is 1030. The minimum absolute atomic E-state index is 0.0393. The zero-order valence-electron chi connectivity index (χ0n) is 16.0. The quantitative estimate of drug-likeness (QED) is 0.555. The minimum atomic E-state index is -0.0479. The second kappa shape index (κ2) is 8.78. The molecule has 1 aliphatic rings. The predicted octanol–water partition coefficient (Wildman–Crippen LogP) is 4.89. The Morgan fingerprint density at radius 1 is 1.17 bits per heavy atom. The molecular formula is C21H21Cl2N3O2S. The van der Waals surface area contributed by atoms with Crippen LogP contribution >= 0.6 is 34.5 Å². The summed E-state index contributed by atoms with van der Waals surface area (Å²) >= 11 is 13.7. The van der Waals surface area contributed by atoms with Crippen molar-refractivity contribution in [2.45, 2.75) is 13.3 Å². The number of anilines is 1. The molecule has 0 bridgehead atoms. The van der Waals surface area contributed by atoms with Gasteiger partial charge in [-0.25, -0.2) is 4.98 Å². The first-order valence-electron chi connectivity index (χ1n) is 9.54. The molecule has 0 saturated carbocycles. The number of amides is 1. The third-order valence-electron chi connectivity index (χ3n) is 5.02. The summed E-state index contributed by atoms with van der Waals surface area (Å²) < 4.78 is 6.79. The Labute approximate surface area is 183 Å². The van der Waals surface area contributed by atoms with E-state index in [2.05, 4.69) is 30.0 Å². The summed E-state index contributed by atoms with van der Waals surface area (Å²) in [5.74, 6) is 0.414. The minimum Gasteiger partial charge on any atom is -0.482 e. The van der Waals surface area contributed by atoms with Crippen molar-refractivity contribution in [3.05, 3.63) is 52.0 Å². The lowest BCUT2D eigenvalue weighted by molar-refractivity contribution is -0.133. The smallest absolute Gasteiger partial charge is 0.260 e. The second-order valence-electron chi connectivity index (χ2n) is 6.85. The van der Waals surface area contributed by atoms with Gasteiger partial charge in [0.05, 0.1) is 15.2 Å². The number of rotatable bonds is 5. The summed E-state index contributed by atoms with van der Waals surface area (Å²) in [6, 6.07) is 11.3. The largest absolute Gasteiger partial charge is 0.482 e. The Morgan fingerprint density at radius 2 is 1.97 bits per heavy atom. The number of piperazine rings is 1. The predicted molar refractivity (Wildman–Crippen MR) is 120 cm³/mol. The lowest BCUT2D eigenvalue weighted by atomic mass is 10.1. The van der Waals surface area contributed by atoms with Gasteiger partial charge in [-0.1, -0.05) is 53.6 Å². The van der Waals surface area contributed by atoms with Crippen molar-refractivity contribution in [3.8, 4) is 5.75 Å². The number of para-hydroxylation sites is 1. The van der Waals surface area contributed by atoms with Gasteiger partial charge in [0.25, 0.3) is 5.91 Å². The Hall–Kier alpha value is -2.02. The first-order valence-corrected chi connectivity index (χ1v) is 11.1. The van der Waals surface area contributed by atoms with E-state index in [0.29, 0.717) is 28.9 Å². The van der Waals surface area contributed by atoms with Gasteiger partial charge in [0.2, 0.25) is 0 Å². The number of ether oxygens (including phenoxy) is 1. The highest BCUT2D eigenvalue weighted by molar-refractivity contribution is 7.22. The van der Waals surface area contributed by atoms with E-state index in [1.54, 1.807) is 29.5 Å². The molecule has 1 fully saturated rings. The Kier molecular flexibility index (Phi) is 6.13. The number of aryl methyl sites for hydroxylation is 1. The highest BCUT2D eigenvalue weighted by atomic mass is 35.5. The molecule has 1 amide bonds. The van der Waals surface area contributed by atoms with E-state index in [0.717, 1.165) is 30.2 Å². The average molecular weight is 450 g/mol. The first-order chi connectivity index (χ1) is 14.0. The molecule has 4 rings (SSSR count). The van der Waals surface area contributed by atoms with Crippen molar-refractivity contribution in [3.63, 3.8) is 0 Å². The number of aromatic nitrogens is 1. The number of halogens is 2. The van der Waals surface area contributed by atoms with Crippen molar-refractivity contribution in [1.29, 1.82) is 0 Å². The molecule has 0 unspecified atom stereocenters. The summed E-state index contributed by atoms with van der Waals surface area (Å²) in [6.07, 6.45) is 0.973. The van der Waals surface area contributed by atoms with E-state index in [1.807, 2.05) is 4.90 Å². The highest BCUT2D eigenvalue weighted by Crippen LogP contribution is 2.31. The van der Waals surface area contributed by atoms with E-state index in [9.17, 15) is 4.79 Å². The molecule has 8 heteroatoms. The SMILES string of the molecule is CCc1cccc2sc(N3CCN(C(=O)COc4ccc(Cl)cc4Cl)CC3)nc12. The van der Waals surface area contributed by atoms with Gasteiger partial charge in [-0.3, -0.25) is 4.79 Å². The van der Waals surface area contributed by atoms with Crippen molar-refractivity contribution in [1.82, 2.24) is 9.88 Å². The zero-order chi connectivity index (χ0) is 20.4. The number of carbonyl (C=O) groups excluding carboxylic acids is 1. The third-order valence-corrected chi connectivity index (χ3v) is 6.63. The number of benzene rings is 2. The van der Waals surface area contributed by atoms with Crippen LogP contribution in [0.2, 0.25) is 10.0 Å². The maximum absolute atomic E-state index is 12.5. The summed E-state index contributed by atoms with van der Waals surface area (Å²) in [5.41, 5.74) is 2.37. The molecule has 0 N–H and O–H groups in total. The number of carbonyl (C=O) groups is 1. The van der Waals surface area contributed by atoms with Crippen LogP contribution in [-0.4, -0.2) is 48.6 Å². The molecular weight excluding hydrogens is 429 g/mol. The van der Waals surface area contributed by atoms with E-state index in [-0.39, 0.29) is 12.5 Å². The number of thiazole rings is 1. The van der Waals surface area contributed by atoms with Gasteiger partial charge < -0.3 is 14.5 Å². The standard InChI is InChI=1S/C21H21Cl2N3O2S/c1-2-14-4-3-5-18-20(14)24-21(29-18)26-10-8-25(9-11-26)19(27)13-28-17-7-6-15(22)12-16(17)23/h3-7,12H,2,8-11,13H2,1H3. The van der Waals surface area contributed by atoms with E-state index in [4.69, 9.17) is 32.9 Å². The third kappa shape index (κ3) is 4.44. The molecule has 0 aliphatic carbocycles. The molecule has 1 aromatic heterocycles. The molecule has 2 heterocycles. The van der Waals surface area contributed by atoms with Gasteiger partial charge in [-0.2, -0.15) is 0 Å². The van der Waals surface area contributed by atoms with Crippen molar-refractivity contribution in [2.75, 3.05) is 37.7 Å². The van der Waals surface area contributed by atoms with Gasteiger partial charge in [0, 0.05) is 31.2 Å². The molecule has 152 valence electrons. The van der Waals surface area contributed by atoms with E-state index in [1.165, 1.54) is 10.3 Å². The van der Waals surface area contributed by atoms with Crippen LogP contribution in [0.5, 0.6) is 5.75 Å². The molecule has 3 aromatic rings. The molecule has 29 heavy (non-hydrogen) atoms. The average Bonchev–Trinajstić information content (AvgIpc) is 3.17. The number of fused-ring (bicyclic) bond motifs is 1. The summed E-state index contributed by atoms with van der Waals surface area (Å²) in [4.78, 5) is 21.5. The monoisotopic (exact) mass is 449 g/mol. The fourth-order valence-electron chi connectivity index (χ4n) is 3.38. The van der Waals surface area contributed by atoms with Crippen molar-refractivity contribution in [2.24, 2.45) is 0 Å². The number of nitrogens with zero attached hydrogens (tertiary/aromatic N) is 3.